The molecule has 110 valence electrons. The molecule has 21 heavy (non-hydrogen) atoms. The second kappa shape index (κ2) is 5.68. The molecule has 0 bridgehead atoms. The van der Waals surface area contributed by atoms with E-state index in [1.807, 2.05) is 12.1 Å². The number of fused-ring (bicyclic) bond motifs is 3. The van der Waals surface area contributed by atoms with Crippen molar-refractivity contribution < 1.29 is 0 Å². The van der Waals surface area contributed by atoms with E-state index in [1.54, 1.807) is 0 Å². The van der Waals surface area contributed by atoms with Gasteiger partial charge in [-0.1, -0.05) is 26.2 Å². The summed E-state index contributed by atoms with van der Waals surface area (Å²) in [6, 6.07) is 12.3. The average Bonchev–Trinajstić information content (AvgIpc) is 2.77. The third-order valence-corrected chi connectivity index (χ3v) is 4.15. The Morgan fingerprint density at radius 2 is 1.38 bits per heavy atom. The standard InChI is InChI=1S/C18H23N3/c1-2-3-4-5-10-21-17-8-6-13(19)11-15(17)16-12-14(20)7-9-18(16)21/h6-9,11-12H,2-5,10,19-20H2,1H3. The summed E-state index contributed by atoms with van der Waals surface area (Å²) in [5.74, 6) is 0. The first-order chi connectivity index (χ1) is 10.2. The zero-order valence-corrected chi connectivity index (χ0v) is 12.6. The average molecular weight is 281 g/mol. The first-order valence-corrected chi connectivity index (χ1v) is 7.77. The van der Waals surface area contributed by atoms with Crippen LogP contribution in [0.1, 0.15) is 32.6 Å². The Morgan fingerprint density at radius 3 is 1.90 bits per heavy atom. The molecule has 0 saturated carbocycles. The fourth-order valence-electron chi connectivity index (χ4n) is 3.08. The van der Waals surface area contributed by atoms with Crippen LogP contribution >= 0.6 is 0 Å². The summed E-state index contributed by atoms with van der Waals surface area (Å²) in [7, 11) is 0. The van der Waals surface area contributed by atoms with Crippen LogP contribution in [0, 0.1) is 0 Å². The summed E-state index contributed by atoms with van der Waals surface area (Å²) < 4.78 is 2.40. The molecule has 0 atom stereocenters. The lowest BCUT2D eigenvalue weighted by Crippen LogP contribution is -1.98. The van der Waals surface area contributed by atoms with E-state index in [1.165, 1.54) is 47.5 Å². The Bertz CT molecular complexity index is 712. The Balaban J connectivity index is 2.11. The molecule has 0 unspecified atom stereocenters. The summed E-state index contributed by atoms with van der Waals surface area (Å²) >= 11 is 0. The second-order valence-electron chi connectivity index (χ2n) is 5.77. The number of aromatic nitrogens is 1. The van der Waals surface area contributed by atoms with E-state index >= 15 is 0 Å². The minimum atomic E-state index is 0.801. The van der Waals surface area contributed by atoms with Crippen LogP contribution in [0.25, 0.3) is 21.8 Å². The minimum absolute atomic E-state index is 0.801. The fraction of sp³-hybridized carbons (Fsp3) is 0.333. The Kier molecular flexibility index (Phi) is 3.74. The number of hydrogen-bond acceptors (Lipinski definition) is 2. The van der Waals surface area contributed by atoms with Gasteiger partial charge in [-0.2, -0.15) is 0 Å². The largest absolute Gasteiger partial charge is 0.399 e. The molecule has 0 amide bonds. The summed E-state index contributed by atoms with van der Waals surface area (Å²) in [4.78, 5) is 0. The first kappa shape index (κ1) is 13.8. The van der Waals surface area contributed by atoms with E-state index in [0.29, 0.717) is 0 Å². The number of benzene rings is 2. The van der Waals surface area contributed by atoms with E-state index in [0.717, 1.165) is 17.9 Å². The van der Waals surface area contributed by atoms with Gasteiger partial charge < -0.3 is 16.0 Å². The molecule has 0 radical (unpaired) electrons. The van der Waals surface area contributed by atoms with Gasteiger partial charge in [0.05, 0.1) is 0 Å². The van der Waals surface area contributed by atoms with Crippen molar-refractivity contribution in [2.75, 3.05) is 11.5 Å². The summed E-state index contributed by atoms with van der Waals surface area (Å²) in [6.07, 6.45) is 5.06. The maximum Gasteiger partial charge on any atom is 0.0492 e. The smallest absolute Gasteiger partial charge is 0.0492 e. The Hall–Kier alpha value is -2.16. The van der Waals surface area contributed by atoms with Gasteiger partial charge in [0.15, 0.2) is 0 Å². The number of anilines is 2. The maximum absolute atomic E-state index is 5.96. The van der Waals surface area contributed by atoms with Crippen LogP contribution in [0.15, 0.2) is 36.4 Å². The summed E-state index contributed by atoms with van der Waals surface area (Å²) in [5, 5.41) is 2.40. The Morgan fingerprint density at radius 1 is 0.810 bits per heavy atom. The van der Waals surface area contributed by atoms with Gasteiger partial charge in [0.1, 0.15) is 0 Å². The number of aryl methyl sites for hydroxylation is 1. The van der Waals surface area contributed by atoms with Crippen molar-refractivity contribution in [1.29, 1.82) is 0 Å². The second-order valence-corrected chi connectivity index (χ2v) is 5.77. The van der Waals surface area contributed by atoms with Gasteiger partial charge in [0.2, 0.25) is 0 Å². The van der Waals surface area contributed by atoms with Crippen LogP contribution in [-0.2, 0) is 6.54 Å². The predicted molar refractivity (Wildman–Crippen MR) is 92.4 cm³/mol. The van der Waals surface area contributed by atoms with Crippen molar-refractivity contribution in [3.05, 3.63) is 36.4 Å². The van der Waals surface area contributed by atoms with E-state index in [-0.39, 0.29) is 0 Å². The highest BCUT2D eigenvalue weighted by Crippen LogP contribution is 2.32. The molecule has 0 spiro atoms. The molecule has 1 heterocycles. The number of nitrogen functional groups attached to an aromatic ring is 2. The van der Waals surface area contributed by atoms with E-state index in [9.17, 15) is 0 Å². The van der Waals surface area contributed by atoms with E-state index in [2.05, 4.69) is 35.8 Å². The lowest BCUT2D eigenvalue weighted by atomic mass is 10.1. The van der Waals surface area contributed by atoms with E-state index < -0.39 is 0 Å². The zero-order chi connectivity index (χ0) is 14.8. The fourth-order valence-corrected chi connectivity index (χ4v) is 3.08. The normalized spacial score (nSPS) is 11.5. The number of rotatable bonds is 5. The highest BCUT2D eigenvalue weighted by molar-refractivity contribution is 6.09. The van der Waals surface area contributed by atoms with Gasteiger partial charge in [-0.15, -0.1) is 0 Å². The third kappa shape index (κ3) is 2.56. The lowest BCUT2D eigenvalue weighted by Gasteiger charge is -2.07. The molecule has 4 N–H and O–H groups in total. The van der Waals surface area contributed by atoms with Gasteiger partial charge in [0.25, 0.3) is 0 Å². The molecular weight excluding hydrogens is 258 g/mol. The molecule has 0 aliphatic heterocycles. The highest BCUT2D eigenvalue weighted by atomic mass is 15.0. The molecule has 3 rings (SSSR count). The minimum Gasteiger partial charge on any atom is -0.399 e. The lowest BCUT2D eigenvalue weighted by molar-refractivity contribution is 0.602. The predicted octanol–water partition coefficient (Wildman–Crippen LogP) is 4.54. The highest BCUT2D eigenvalue weighted by Gasteiger charge is 2.10. The van der Waals surface area contributed by atoms with Crippen LogP contribution in [0.5, 0.6) is 0 Å². The van der Waals surface area contributed by atoms with Crippen molar-refractivity contribution in [1.82, 2.24) is 4.57 Å². The molecule has 3 aromatic rings. The molecule has 0 aliphatic rings. The monoisotopic (exact) mass is 281 g/mol. The quantitative estimate of drug-likeness (QED) is 0.533. The number of nitrogens with zero attached hydrogens (tertiary/aromatic N) is 1. The summed E-state index contributed by atoms with van der Waals surface area (Å²) in [5.41, 5.74) is 16.0. The molecule has 2 aromatic carbocycles. The third-order valence-electron chi connectivity index (χ3n) is 4.15. The molecule has 0 fully saturated rings. The molecule has 3 heteroatoms. The number of nitrogens with two attached hydrogens (primary N) is 2. The topological polar surface area (TPSA) is 57.0 Å². The molecule has 3 nitrogen and oxygen atoms in total. The van der Waals surface area contributed by atoms with Crippen LogP contribution in [0.4, 0.5) is 11.4 Å². The number of hydrogen-bond donors (Lipinski definition) is 2. The van der Waals surface area contributed by atoms with Crippen LogP contribution < -0.4 is 11.5 Å². The van der Waals surface area contributed by atoms with Crippen molar-refractivity contribution >= 4 is 33.2 Å². The molecular formula is C18H23N3. The molecule has 0 aliphatic carbocycles. The Labute approximate surface area is 125 Å². The van der Waals surface area contributed by atoms with Crippen molar-refractivity contribution in [2.45, 2.75) is 39.2 Å². The van der Waals surface area contributed by atoms with E-state index in [4.69, 9.17) is 11.5 Å². The van der Waals surface area contributed by atoms with Crippen molar-refractivity contribution in [3.8, 4) is 0 Å². The molecule has 0 saturated heterocycles. The van der Waals surface area contributed by atoms with Crippen LogP contribution in [-0.4, -0.2) is 4.57 Å². The molecule has 1 aromatic heterocycles. The summed E-state index contributed by atoms with van der Waals surface area (Å²) in [6.45, 7) is 3.29. The van der Waals surface area contributed by atoms with Gasteiger partial charge in [-0.25, -0.2) is 0 Å². The SMILES string of the molecule is CCCCCCn1c2ccc(N)cc2c2cc(N)ccc21. The van der Waals surface area contributed by atoms with Crippen LogP contribution in [0.3, 0.4) is 0 Å². The van der Waals surface area contributed by atoms with Crippen molar-refractivity contribution in [2.24, 2.45) is 0 Å². The van der Waals surface area contributed by atoms with Gasteiger partial charge in [0, 0.05) is 39.7 Å². The number of unbranched alkanes of at least 4 members (excludes halogenated alkanes) is 3. The van der Waals surface area contributed by atoms with Gasteiger partial charge in [-0.3, -0.25) is 0 Å². The zero-order valence-electron chi connectivity index (χ0n) is 12.6. The maximum atomic E-state index is 5.96. The van der Waals surface area contributed by atoms with Crippen LogP contribution in [0.2, 0.25) is 0 Å². The van der Waals surface area contributed by atoms with Crippen molar-refractivity contribution in [3.63, 3.8) is 0 Å². The van der Waals surface area contributed by atoms with Gasteiger partial charge >= 0.3 is 0 Å². The first-order valence-electron chi connectivity index (χ1n) is 7.77. The van der Waals surface area contributed by atoms with Gasteiger partial charge in [-0.05, 0) is 42.8 Å².